The Balaban J connectivity index is 2.86. The topological polar surface area (TPSA) is 67.5 Å². The van der Waals surface area contributed by atoms with Gasteiger partial charge in [0.05, 0.1) is 5.71 Å². The van der Waals surface area contributed by atoms with Crippen molar-refractivity contribution >= 4 is 11.7 Å². The van der Waals surface area contributed by atoms with Crippen LogP contribution in [0.15, 0.2) is 17.3 Å². The van der Waals surface area contributed by atoms with E-state index in [2.05, 4.69) is 37.4 Å². The van der Waals surface area contributed by atoms with Crippen LogP contribution in [-0.4, -0.2) is 11.7 Å². The first-order valence-electron chi connectivity index (χ1n) is 4.74. The molecule has 0 aliphatic heterocycles. The van der Waals surface area contributed by atoms with Crippen LogP contribution in [0.25, 0.3) is 0 Å². The lowest BCUT2D eigenvalue weighted by molar-refractivity contribution is 0.249. The fraction of sp³-hybridized carbons (Fsp3) is 0.600. The van der Waals surface area contributed by atoms with Crippen LogP contribution >= 0.6 is 0 Å². The van der Waals surface area contributed by atoms with Gasteiger partial charge in [-0.2, -0.15) is 5.10 Å². The van der Waals surface area contributed by atoms with Gasteiger partial charge in [-0.25, -0.2) is 10.2 Å². The van der Waals surface area contributed by atoms with E-state index in [-0.39, 0.29) is 5.41 Å². The maximum absolute atomic E-state index is 10.5. The molecule has 0 aromatic rings. The summed E-state index contributed by atoms with van der Waals surface area (Å²) in [5, 5.41) is 3.99. The van der Waals surface area contributed by atoms with E-state index in [0.29, 0.717) is 5.92 Å². The lowest BCUT2D eigenvalue weighted by Crippen LogP contribution is -2.35. The number of hydrogen-bond acceptors (Lipinski definition) is 2. The molecule has 0 bridgehead atoms. The van der Waals surface area contributed by atoms with E-state index in [1.54, 1.807) is 0 Å². The predicted molar refractivity (Wildman–Crippen MR) is 56.9 cm³/mol. The highest BCUT2D eigenvalue weighted by atomic mass is 16.2. The highest BCUT2D eigenvalue weighted by Crippen LogP contribution is 2.34. The molecule has 0 fully saturated rings. The summed E-state index contributed by atoms with van der Waals surface area (Å²) in [6.07, 6.45) is 5.05. The van der Waals surface area contributed by atoms with E-state index in [4.69, 9.17) is 5.73 Å². The predicted octanol–water partition coefficient (Wildman–Crippen LogP) is 1.63. The van der Waals surface area contributed by atoms with Crippen molar-refractivity contribution in [2.24, 2.45) is 22.2 Å². The lowest BCUT2D eigenvalue weighted by Gasteiger charge is -2.34. The number of hydrogen-bond donors (Lipinski definition) is 2. The number of carbonyl (C=O) groups excluding carboxylic acids is 1. The van der Waals surface area contributed by atoms with Crippen molar-refractivity contribution in [2.75, 3.05) is 0 Å². The summed E-state index contributed by atoms with van der Waals surface area (Å²) in [4.78, 5) is 10.5. The highest BCUT2D eigenvalue weighted by Gasteiger charge is 2.32. The molecule has 1 aliphatic carbocycles. The Morgan fingerprint density at radius 3 is 2.93 bits per heavy atom. The highest BCUT2D eigenvalue weighted by molar-refractivity contribution is 6.00. The van der Waals surface area contributed by atoms with Crippen LogP contribution in [-0.2, 0) is 0 Å². The van der Waals surface area contributed by atoms with Crippen LogP contribution in [0.3, 0.4) is 0 Å². The standard InChI is InChI=1S/C10H17N3O/c1-7-5-4-6-8(10(7,2)3)12-13-9(11)14/h4,6-7H,5H2,1-3H3,(H3,11,13,14)/b12-8-. The summed E-state index contributed by atoms with van der Waals surface area (Å²) in [7, 11) is 0. The molecule has 0 spiro atoms. The van der Waals surface area contributed by atoms with Crippen molar-refractivity contribution in [3.8, 4) is 0 Å². The zero-order valence-corrected chi connectivity index (χ0v) is 8.87. The van der Waals surface area contributed by atoms with Gasteiger partial charge in [0.25, 0.3) is 0 Å². The molecule has 0 radical (unpaired) electrons. The molecule has 2 amide bonds. The second-order valence-electron chi connectivity index (χ2n) is 4.23. The molecule has 4 nitrogen and oxygen atoms in total. The molecule has 0 aromatic carbocycles. The molecule has 14 heavy (non-hydrogen) atoms. The molecule has 1 aliphatic rings. The number of amides is 2. The smallest absolute Gasteiger partial charge is 0.332 e. The Kier molecular flexibility index (Phi) is 2.93. The molecule has 1 rings (SSSR count). The Morgan fingerprint density at radius 1 is 1.71 bits per heavy atom. The largest absolute Gasteiger partial charge is 0.350 e. The first-order valence-corrected chi connectivity index (χ1v) is 4.74. The van der Waals surface area contributed by atoms with Crippen molar-refractivity contribution in [3.05, 3.63) is 12.2 Å². The van der Waals surface area contributed by atoms with E-state index in [9.17, 15) is 4.79 Å². The molecule has 78 valence electrons. The molecule has 1 unspecified atom stereocenters. The van der Waals surface area contributed by atoms with Gasteiger partial charge in [-0.1, -0.05) is 26.8 Å². The van der Waals surface area contributed by atoms with Gasteiger partial charge in [-0.05, 0) is 18.4 Å². The second-order valence-corrected chi connectivity index (χ2v) is 4.23. The maximum Gasteiger partial charge on any atom is 0.332 e. The summed E-state index contributed by atoms with van der Waals surface area (Å²) >= 11 is 0. The van der Waals surface area contributed by atoms with Crippen molar-refractivity contribution in [2.45, 2.75) is 27.2 Å². The molecule has 1 atom stereocenters. The Labute approximate surface area is 84.2 Å². The average molecular weight is 195 g/mol. The number of allylic oxidation sites excluding steroid dienone is 2. The van der Waals surface area contributed by atoms with Crippen LogP contribution in [0.4, 0.5) is 4.79 Å². The van der Waals surface area contributed by atoms with Crippen molar-refractivity contribution in [1.29, 1.82) is 0 Å². The van der Waals surface area contributed by atoms with Crippen molar-refractivity contribution in [3.63, 3.8) is 0 Å². The quantitative estimate of drug-likeness (QED) is 0.613. The number of hydrazone groups is 1. The zero-order chi connectivity index (χ0) is 10.8. The number of nitrogens with one attached hydrogen (secondary N) is 1. The summed E-state index contributed by atoms with van der Waals surface area (Å²) < 4.78 is 0. The number of nitrogens with zero attached hydrogens (tertiary/aromatic N) is 1. The molecule has 4 heteroatoms. The van der Waals surface area contributed by atoms with Gasteiger partial charge in [-0.15, -0.1) is 0 Å². The second kappa shape index (κ2) is 3.82. The molecule has 0 saturated heterocycles. The van der Waals surface area contributed by atoms with Crippen LogP contribution in [0, 0.1) is 11.3 Å². The van der Waals surface area contributed by atoms with E-state index in [1.807, 2.05) is 6.08 Å². The SMILES string of the molecule is CC1CC=C/C(=N/NC(N)=O)C1(C)C. The number of primary amides is 1. The van der Waals surface area contributed by atoms with E-state index < -0.39 is 6.03 Å². The van der Waals surface area contributed by atoms with Crippen LogP contribution in [0.5, 0.6) is 0 Å². The molecule has 0 saturated carbocycles. The third kappa shape index (κ3) is 2.13. The van der Waals surface area contributed by atoms with Crippen LogP contribution in [0.1, 0.15) is 27.2 Å². The van der Waals surface area contributed by atoms with Crippen LogP contribution < -0.4 is 11.2 Å². The number of nitrogens with two attached hydrogens (primary N) is 1. The normalized spacial score (nSPS) is 27.6. The minimum Gasteiger partial charge on any atom is -0.350 e. The summed E-state index contributed by atoms with van der Waals surface area (Å²) in [5.41, 5.74) is 8.07. The van der Waals surface area contributed by atoms with Gasteiger partial charge in [0.2, 0.25) is 0 Å². The lowest BCUT2D eigenvalue weighted by atomic mass is 9.71. The summed E-state index contributed by atoms with van der Waals surface area (Å²) in [5.74, 6) is 0.515. The van der Waals surface area contributed by atoms with Crippen molar-refractivity contribution < 1.29 is 4.79 Å². The average Bonchev–Trinajstić information content (AvgIpc) is 2.07. The minimum atomic E-state index is -0.625. The van der Waals surface area contributed by atoms with Gasteiger partial charge in [0.1, 0.15) is 0 Å². The van der Waals surface area contributed by atoms with Gasteiger partial charge in [-0.3, -0.25) is 0 Å². The monoisotopic (exact) mass is 195 g/mol. The number of rotatable bonds is 1. The first-order chi connectivity index (χ1) is 6.44. The van der Waals surface area contributed by atoms with E-state index in [1.165, 1.54) is 0 Å². The zero-order valence-electron chi connectivity index (χ0n) is 8.87. The summed E-state index contributed by atoms with van der Waals surface area (Å²) in [6.45, 7) is 6.40. The fourth-order valence-electron chi connectivity index (χ4n) is 1.44. The van der Waals surface area contributed by atoms with Gasteiger partial charge in [0, 0.05) is 5.41 Å². The Morgan fingerprint density at radius 2 is 2.36 bits per heavy atom. The molecule has 0 heterocycles. The van der Waals surface area contributed by atoms with E-state index in [0.717, 1.165) is 12.1 Å². The fourth-order valence-corrected chi connectivity index (χ4v) is 1.44. The Bertz CT molecular complexity index is 292. The van der Waals surface area contributed by atoms with Crippen LogP contribution in [0.2, 0.25) is 0 Å². The van der Waals surface area contributed by atoms with Crippen molar-refractivity contribution in [1.82, 2.24) is 5.43 Å². The van der Waals surface area contributed by atoms with Gasteiger partial charge < -0.3 is 5.73 Å². The first kappa shape index (κ1) is 10.8. The third-order valence-corrected chi connectivity index (χ3v) is 2.94. The van der Waals surface area contributed by atoms with Gasteiger partial charge >= 0.3 is 6.03 Å². The molecular formula is C10H17N3O. The number of carbonyl (C=O) groups is 1. The molecule has 0 aromatic heterocycles. The molecule has 3 N–H and O–H groups in total. The third-order valence-electron chi connectivity index (χ3n) is 2.94. The molecular weight excluding hydrogens is 178 g/mol. The summed E-state index contributed by atoms with van der Waals surface area (Å²) in [6, 6.07) is -0.625. The maximum atomic E-state index is 10.5. The Hall–Kier alpha value is -1.32. The number of urea groups is 1. The minimum absolute atomic E-state index is 0.0167. The van der Waals surface area contributed by atoms with E-state index >= 15 is 0 Å². The van der Waals surface area contributed by atoms with Gasteiger partial charge in [0.15, 0.2) is 0 Å².